The number of thiazole rings is 1. The number of rotatable bonds is 4. The molecule has 0 aliphatic heterocycles. The zero-order chi connectivity index (χ0) is 14.5. The molecule has 1 aliphatic carbocycles. The van der Waals surface area contributed by atoms with Crippen LogP contribution in [-0.2, 0) is 11.2 Å². The standard InChI is InChI=1S/C12H11F2N3OS2/c1-5-10(19-6(2)15-5)11-16-9(20-17-11)3-8(18)7-4-12(7,13)14/h7H,3-4H2,1-2H3. The number of hydrogen-bond acceptors (Lipinski definition) is 6. The minimum atomic E-state index is -2.81. The van der Waals surface area contributed by atoms with Crippen molar-refractivity contribution < 1.29 is 13.6 Å². The highest BCUT2D eigenvalue weighted by atomic mass is 32.1. The van der Waals surface area contributed by atoms with Crippen LogP contribution in [0.25, 0.3) is 10.7 Å². The molecule has 2 aromatic heterocycles. The maximum Gasteiger partial charge on any atom is 0.258 e. The molecule has 0 N–H and O–H groups in total. The third-order valence-electron chi connectivity index (χ3n) is 3.11. The molecule has 0 saturated heterocycles. The van der Waals surface area contributed by atoms with Gasteiger partial charge in [-0.3, -0.25) is 4.79 Å². The fourth-order valence-corrected chi connectivity index (χ4v) is 3.56. The number of halogens is 2. The molecule has 1 unspecified atom stereocenters. The Bertz CT molecular complexity index is 680. The summed E-state index contributed by atoms with van der Waals surface area (Å²) in [5.74, 6) is -3.85. The molecule has 1 aliphatic rings. The average molecular weight is 315 g/mol. The van der Waals surface area contributed by atoms with Crippen molar-refractivity contribution in [3.05, 3.63) is 15.7 Å². The van der Waals surface area contributed by atoms with Crippen LogP contribution >= 0.6 is 22.9 Å². The van der Waals surface area contributed by atoms with E-state index in [1.165, 1.54) is 11.3 Å². The lowest BCUT2D eigenvalue weighted by molar-refractivity contribution is -0.121. The van der Waals surface area contributed by atoms with E-state index >= 15 is 0 Å². The van der Waals surface area contributed by atoms with Gasteiger partial charge in [0.1, 0.15) is 10.8 Å². The lowest BCUT2D eigenvalue weighted by Crippen LogP contribution is -2.10. The van der Waals surface area contributed by atoms with E-state index < -0.39 is 17.6 Å². The van der Waals surface area contributed by atoms with Crippen molar-refractivity contribution in [1.29, 1.82) is 0 Å². The Balaban J connectivity index is 1.74. The summed E-state index contributed by atoms with van der Waals surface area (Å²) in [6, 6.07) is 0. The van der Waals surface area contributed by atoms with Crippen LogP contribution in [0.1, 0.15) is 22.1 Å². The summed E-state index contributed by atoms with van der Waals surface area (Å²) in [5.41, 5.74) is 0.844. The predicted molar refractivity (Wildman–Crippen MR) is 72.3 cm³/mol. The number of ketones is 1. The van der Waals surface area contributed by atoms with Gasteiger partial charge in [0.15, 0.2) is 5.82 Å². The summed E-state index contributed by atoms with van der Waals surface area (Å²) >= 11 is 2.57. The van der Waals surface area contributed by atoms with Crippen molar-refractivity contribution in [1.82, 2.24) is 14.3 Å². The van der Waals surface area contributed by atoms with E-state index in [2.05, 4.69) is 14.3 Å². The van der Waals surface area contributed by atoms with Crippen molar-refractivity contribution in [2.45, 2.75) is 32.6 Å². The molecule has 1 fully saturated rings. The molecule has 0 bridgehead atoms. The Kier molecular flexibility index (Phi) is 3.17. The van der Waals surface area contributed by atoms with Gasteiger partial charge < -0.3 is 0 Å². The summed E-state index contributed by atoms with van der Waals surface area (Å²) in [4.78, 5) is 21.1. The van der Waals surface area contributed by atoms with E-state index in [1.54, 1.807) is 0 Å². The van der Waals surface area contributed by atoms with Crippen LogP contribution in [0.15, 0.2) is 0 Å². The van der Waals surface area contributed by atoms with Crippen LogP contribution in [0.2, 0.25) is 0 Å². The minimum Gasteiger partial charge on any atom is -0.299 e. The largest absolute Gasteiger partial charge is 0.299 e. The van der Waals surface area contributed by atoms with E-state index in [0.717, 1.165) is 27.1 Å². The van der Waals surface area contributed by atoms with Gasteiger partial charge in [0.2, 0.25) is 0 Å². The quantitative estimate of drug-likeness (QED) is 0.870. The van der Waals surface area contributed by atoms with Crippen LogP contribution in [0.4, 0.5) is 8.78 Å². The maximum atomic E-state index is 12.8. The highest BCUT2D eigenvalue weighted by Crippen LogP contribution is 2.49. The zero-order valence-electron chi connectivity index (χ0n) is 10.8. The summed E-state index contributed by atoms with van der Waals surface area (Å²) in [6.07, 6.45) is -0.389. The minimum absolute atomic E-state index is 0.0608. The molecule has 1 saturated carbocycles. The van der Waals surface area contributed by atoms with E-state index in [4.69, 9.17) is 0 Å². The summed E-state index contributed by atoms with van der Waals surface area (Å²) in [5, 5.41) is 1.40. The molecule has 2 heterocycles. The lowest BCUT2D eigenvalue weighted by Gasteiger charge is -1.95. The van der Waals surface area contributed by atoms with Gasteiger partial charge in [-0.2, -0.15) is 4.37 Å². The second-order valence-electron chi connectivity index (χ2n) is 4.82. The third-order valence-corrected chi connectivity index (χ3v) is 4.89. The zero-order valence-corrected chi connectivity index (χ0v) is 12.4. The van der Waals surface area contributed by atoms with Crippen LogP contribution in [0.3, 0.4) is 0 Å². The Morgan fingerprint density at radius 3 is 2.65 bits per heavy atom. The molecule has 2 aromatic rings. The first-order chi connectivity index (χ1) is 9.37. The molecular formula is C12H11F2N3OS2. The first-order valence-electron chi connectivity index (χ1n) is 6.04. The Morgan fingerprint density at radius 1 is 1.40 bits per heavy atom. The fraction of sp³-hybridized carbons (Fsp3) is 0.500. The predicted octanol–water partition coefficient (Wildman–Crippen LogP) is 3.05. The van der Waals surface area contributed by atoms with E-state index in [9.17, 15) is 13.6 Å². The Labute approximate surface area is 122 Å². The number of hydrogen-bond donors (Lipinski definition) is 0. The number of aromatic nitrogens is 3. The third kappa shape index (κ3) is 2.49. The topological polar surface area (TPSA) is 55.7 Å². The van der Waals surface area contributed by atoms with Gasteiger partial charge in [0.25, 0.3) is 5.92 Å². The van der Waals surface area contributed by atoms with Gasteiger partial charge in [-0.05, 0) is 25.4 Å². The number of aryl methyl sites for hydroxylation is 2. The van der Waals surface area contributed by atoms with Gasteiger partial charge >= 0.3 is 0 Å². The van der Waals surface area contributed by atoms with Crippen LogP contribution in [0, 0.1) is 19.8 Å². The first kappa shape index (κ1) is 13.7. The van der Waals surface area contributed by atoms with Gasteiger partial charge in [-0.1, -0.05) is 0 Å². The SMILES string of the molecule is Cc1nc(C)c(-c2nsc(CC(=O)C3CC3(F)F)n2)s1. The molecule has 0 spiro atoms. The van der Waals surface area contributed by atoms with Gasteiger partial charge in [-0.25, -0.2) is 18.7 Å². The van der Waals surface area contributed by atoms with Crippen molar-refractivity contribution in [2.75, 3.05) is 0 Å². The molecule has 1 atom stereocenters. The molecule has 0 amide bonds. The Morgan fingerprint density at radius 2 is 2.10 bits per heavy atom. The van der Waals surface area contributed by atoms with Crippen LogP contribution < -0.4 is 0 Å². The van der Waals surface area contributed by atoms with E-state index in [1.807, 2.05) is 13.8 Å². The number of carbonyl (C=O) groups excluding carboxylic acids is 1. The van der Waals surface area contributed by atoms with Crippen molar-refractivity contribution in [3.8, 4) is 10.7 Å². The average Bonchev–Trinajstić information content (AvgIpc) is 2.72. The van der Waals surface area contributed by atoms with Gasteiger partial charge in [0.05, 0.1) is 27.9 Å². The van der Waals surface area contributed by atoms with E-state index in [-0.39, 0.29) is 12.8 Å². The molecule has 20 heavy (non-hydrogen) atoms. The first-order valence-corrected chi connectivity index (χ1v) is 7.63. The molecular weight excluding hydrogens is 304 g/mol. The molecule has 8 heteroatoms. The fourth-order valence-electron chi connectivity index (χ4n) is 1.99. The number of Topliss-reactive ketones (excluding diaryl/α,β-unsaturated/α-hetero) is 1. The normalized spacial score (nSPS) is 20.1. The molecule has 0 radical (unpaired) electrons. The van der Waals surface area contributed by atoms with Crippen LogP contribution in [0.5, 0.6) is 0 Å². The second-order valence-corrected chi connectivity index (χ2v) is 6.86. The monoisotopic (exact) mass is 315 g/mol. The van der Waals surface area contributed by atoms with Gasteiger partial charge in [-0.15, -0.1) is 11.3 Å². The van der Waals surface area contributed by atoms with Crippen molar-refractivity contribution in [3.63, 3.8) is 0 Å². The summed E-state index contributed by atoms with van der Waals surface area (Å²) in [7, 11) is 0. The number of nitrogens with zero attached hydrogens (tertiary/aromatic N) is 3. The summed E-state index contributed by atoms with van der Waals surface area (Å²) < 4.78 is 29.8. The highest BCUT2D eigenvalue weighted by Gasteiger charge is 2.60. The Hall–Kier alpha value is -1.28. The highest BCUT2D eigenvalue weighted by molar-refractivity contribution is 7.15. The smallest absolute Gasteiger partial charge is 0.258 e. The van der Waals surface area contributed by atoms with Crippen molar-refractivity contribution in [2.24, 2.45) is 5.92 Å². The molecule has 4 nitrogen and oxygen atoms in total. The van der Waals surface area contributed by atoms with Crippen LogP contribution in [-0.4, -0.2) is 26.0 Å². The summed E-state index contributed by atoms with van der Waals surface area (Å²) in [6.45, 7) is 3.77. The molecule has 3 rings (SSSR count). The molecule has 106 valence electrons. The second kappa shape index (κ2) is 4.63. The number of alkyl halides is 2. The molecule has 0 aromatic carbocycles. The van der Waals surface area contributed by atoms with Gasteiger partial charge in [0, 0.05) is 6.42 Å². The van der Waals surface area contributed by atoms with Crippen molar-refractivity contribution >= 4 is 28.7 Å². The van der Waals surface area contributed by atoms with E-state index in [0.29, 0.717) is 10.8 Å². The number of carbonyl (C=O) groups is 1. The maximum absolute atomic E-state index is 12.8. The lowest BCUT2D eigenvalue weighted by atomic mass is 10.2.